The van der Waals surface area contributed by atoms with E-state index in [9.17, 15) is 0 Å². The van der Waals surface area contributed by atoms with Crippen molar-refractivity contribution in [3.05, 3.63) is 52.8 Å². The first-order valence-corrected chi connectivity index (χ1v) is 8.30. The zero-order valence-corrected chi connectivity index (χ0v) is 14.2. The van der Waals surface area contributed by atoms with Crippen molar-refractivity contribution in [3.8, 4) is 5.69 Å². The van der Waals surface area contributed by atoms with Gasteiger partial charge in [0.2, 0.25) is 0 Å². The average Bonchev–Trinajstić information content (AvgIpc) is 2.77. The quantitative estimate of drug-likeness (QED) is 0.647. The molecule has 0 saturated carbocycles. The van der Waals surface area contributed by atoms with Crippen LogP contribution < -0.4 is 0 Å². The third kappa shape index (κ3) is 3.78. The molecule has 1 aromatic heterocycles. The van der Waals surface area contributed by atoms with Gasteiger partial charge in [0, 0.05) is 17.1 Å². The van der Waals surface area contributed by atoms with Gasteiger partial charge in [-0.1, -0.05) is 33.3 Å². The van der Waals surface area contributed by atoms with Crippen LogP contribution in [0.1, 0.15) is 56.1 Å². The van der Waals surface area contributed by atoms with Gasteiger partial charge < -0.3 is 4.57 Å². The van der Waals surface area contributed by atoms with Gasteiger partial charge >= 0.3 is 0 Å². The summed E-state index contributed by atoms with van der Waals surface area (Å²) in [5.74, 6) is 0.762. The Morgan fingerprint density at radius 2 is 1.57 bits per heavy atom. The molecule has 0 N–H and O–H groups in total. The highest BCUT2D eigenvalue weighted by Gasteiger charge is 2.09. The van der Waals surface area contributed by atoms with Gasteiger partial charge in [-0.2, -0.15) is 0 Å². The van der Waals surface area contributed by atoms with Gasteiger partial charge in [-0.25, -0.2) is 0 Å². The Bertz CT molecular complexity index is 570. The predicted octanol–water partition coefficient (Wildman–Crippen LogP) is 5.64. The molecular weight excluding hydrogens is 254 g/mol. The molecule has 114 valence electrons. The maximum atomic E-state index is 2.41. The Hall–Kier alpha value is -1.50. The molecule has 0 aliphatic heterocycles. The van der Waals surface area contributed by atoms with Crippen molar-refractivity contribution in [3.63, 3.8) is 0 Å². The van der Waals surface area contributed by atoms with Crippen LogP contribution in [-0.2, 0) is 12.8 Å². The topological polar surface area (TPSA) is 4.93 Å². The number of benzene rings is 1. The summed E-state index contributed by atoms with van der Waals surface area (Å²) in [6.07, 6.45) is 4.87. The number of hydrogen-bond donors (Lipinski definition) is 0. The smallest absolute Gasteiger partial charge is 0.0457 e. The average molecular weight is 283 g/mol. The fraction of sp³-hybridized carbons (Fsp3) is 0.500. The van der Waals surface area contributed by atoms with Crippen LogP contribution in [0, 0.1) is 19.8 Å². The summed E-state index contributed by atoms with van der Waals surface area (Å²) in [6.45, 7) is 11.2. The number of hydrogen-bond acceptors (Lipinski definition) is 0. The van der Waals surface area contributed by atoms with Gasteiger partial charge in [0.05, 0.1) is 0 Å². The van der Waals surface area contributed by atoms with Crippen molar-refractivity contribution < 1.29 is 0 Å². The van der Waals surface area contributed by atoms with Gasteiger partial charge in [0.15, 0.2) is 0 Å². The summed E-state index contributed by atoms with van der Waals surface area (Å²) in [4.78, 5) is 0. The molecule has 0 fully saturated rings. The molecule has 0 spiro atoms. The second kappa shape index (κ2) is 6.98. The minimum absolute atomic E-state index is 0.762. The third-order valence-electron chi connectivity index (χ3n) is 4.23. The summed E-state index contributed by atoms with van der Waals surface area (Å²) < 4.78 is 2.36. The predicted molar refractivity (Wildman–Crippen MR) is 92.4 cm³/mol. The minimum Gasteiger partial charge on any atom is -0.319 e. The number of aryl methyl sites for hydroxylation is 4. The van der Waals surface area contributed by atoms with Crippen molar-refractivity contribution >= 4 is 0 Å². The third-order valence-corrected chi connectivity index (χ3v) is 4.23. The lowest BCUT2D eigenvalue weighted by molar-refractivity contribution is 0.584. The molecule has 1 heteroatoms. The van der Waals surface area contributed by atoms with Crippen LogP contribution in [0.3, 0.4) is 0 Å². The molecule has 1 heterocycles. The lowest BCUT2D eigenvalue weighted by atomic mass is 9.95. The fourth-order valence-corrected chi connectivity index (χ4v) is 3.02. The lowest BCUT2D eigenvalue weighted by Gasteiger charge is -2.15. The minimum atomic E-state index is 0.762. The second-order valence-electron chi connectivity index (χ2n) is 6.59. The number of aromatic nitrogens is 1. The summed E-state index contributed by atoms with van der Waals surface area (Å²) in [6, 6.07) is 11.4. The van der Waals surface area contributed by atoms with Gasteiger partial charge in [0.1, 0.15) is 0 Å². The monoisotopic (exact) mass is 283 g/mol. The van der Waals surface area contributed by atoms with Crippen LogP contribution in [0.15, 0.2) is 30.3 Å². The fourth-order valence-electron chi connectivity index (χ4n) is 3.02. The van der Waals surface area contributed by atoms with Crippen molar-refractivity contribution in [1.29, 1.82) is 0 Å². The van der Waals surface area contributed by atoms with Crippen molar-refractivity contribution in [2.45, 2.75) is 60.3 Å². The second-order valence-corrected chi connectivity index (χ2v) is 6.59. The van der Waals surface area contributed by atoms with E-state index in [1.807, 2.05) is 0 Å². The van der Waals surface area contributed by atoms with Gasteiger partial charge in [-0.3, -0.25) is 0 Å². The SMILES string of the molecule is CCCc1ccc(-n2c(C)ccc2C)cc1CCC(C)C. The van der Waals surface area contributed by atoms with Crippen LogP contribution in [0.25, 0.3) is 5.69 Å². The van der Waals surface area contributed by atoms with Crippen LogP contribution in [0.5, 0.6) is 0 Å². The Kier molecular flexibility index (Phi) is 5.27. The summed E-state index contributed by atoms with van der Waals surface area (Å²) in [7, 11) is 0. The van der Waals surface area contributed by atoms with E-state index in [1.165, 1.54) is 53.9 Å². The van der Waals surface area contributed by atoms with Crippen LogP contribution in [-0.4, -0.2) is 4.57 Å². The summed E-state index contributed by atoms with van der Waals surface area (Å²) in [5, 5.41) is 0. The molecular formula is C20H29N. The van der Waals surface area contributed by atoms with E-state index in [2.05, 4.69) is 69.5 Å². The molecule has 0 aliphatic rings. The standard InChI is InChI=1S/C20H29N/c1-6-7-18-12-13-20(14-19(18)11-8-15(2)3)21-16(4)9-10-17(21)5/h9-10,12-15H,6-8,11H2,1-5H3. The van der Waals surface area contributed by atoms with E-state index in [0.717, 1.165) is 5.92 Å². The van der Waals surface area contributed by atoms with E-state index in [4.69, 9.17) is 0 Å². The maximum Gasteiger partial charge on any atom is 0.0457 e. The molecule has 2 aromatic rings. The molecule has 21 heavy (non-hydrogen) atoms. The molecule has 0 bridgehead atoms. The summed E-state index contributed by atoms with van der Waals surface area (Å²) >= 11 is 0. The van der Waals surface area contributed by atoms with E-state index >= 15 is 0 Å². The van der Waals surface area contributed by atoms with Crippen molar-refractivity contribution in [2.24, 2.45) is 5.92 Å². The number of nitrogens with zero attached hydrogens (tertiary/aromatic N) is 1. The maximum absolute atomic E-state index is 2.41. The van der Waals surface area contributed by atoms with Gasteiger partial charge in [-0.05, 0) is 74.4 Å². The van der Waals surface area contributed by atoms with Crippen LogP contribution in [0.2, 0.25) is 0 Å². The lowest BCUT2D eigenvalue weighted by Crippen LogP contribution is -2.03. The van der Waals surface area contributed by atoms with Crippen LogP contribution in [0.4, 0.5) is 0 Å². The highest BCUT2D eigenvalue weighted by molar-refractivity contribution is 5.44. The first-order chi connectivity index (χ1) is 10.0. The summed E-state index contributed by atoms with van der Waals surface area (Å²) in [5.41, 5.74) is 7.00. The largest absolute Gasteiger partial charge is 0.319 e. The first-order valence-electron chi connectivity index (χ1n) is 8.30. The Balaban J connectivity index is 2.38. The molecule has 0 atom stereocenters. The van der Waals surface area contributed by atoms with E-state index < -0.39 is 0 Å². The molecule has 0 radical (unpaired) electrons. The first kappa shape index (κ1) is 15.9. The number of rotatable bonds is 6. The Morgan fingerprint density at radius 3 is 2.14 bits per heavy atom. The molecule has 0 saturated heterocycles. The normalized spacial score (nSPS) is 11.3. The zero-order valence-electron chi connectivity index (χ0n) is 14.2. The van der Waals surface area contributed by atoms with Crippen molar-refractivity contribution in [2.75, 3.05) is 0 Å². The van der Waals surface area contributed by atoms with E-state index in [1.54, 1.807) is 0 Å². The van der Waals surface area contributed by atoms with E-state index in [-0.39, 0.29) is 0 Å². The molecule has 0 aliphatic carbocycles. The zero-order chi connectivity index (χ0) is 15.4. The van der Waals surface area contributed by atoms with E-state index in [0.29, 0.717) is 0 Å². The van der Waals surface area contributed by atoms with Crippen molar-refractivity contribution in [1.82, 2.24) is 4.57 Å². The van der Waals surface area contributed by atoms with Crippen LogP contribution >= 0.6 is 0 Å². The molecule has 1 aromatic carbocycles. The van der Waals surface area contributed by atoms with Gasteiger partial charge in [-0.15, -0.1) is 0 Å². The van der Waals surface area contributed by atoms with Gasteiger partial charge in [0.25, 0.3) is 0 Å². The molecule has 1 nitrogen and oxygen atoms in total. The molecule has 0 amide bonds. The Labute approximate surface area is 130 Å². The highest BCUT2D eigenvalue weighted by atomic mass is 15.0. The highest BCUT2D eigenvalue weighted by Crippen LogP contribution is 2.23. The molecule has 0 unspecified atom stereocenters. The Morgan fingerprint density at radius 1 is 0.905 bits per heavy atom. The molecule has 2 rings (SSSR count).